The van der Waals surface area contributed by atoms with Gasteiger partial charge in [0, 0.05) is 24.4 Å². The predicted molar refractivity (Wildman–Crippen MR) is 103 cm³/mol. The summed E-state index contributed by atoms with van der Waals surface area (Å²) in [6.45, 7) is 1.62. The fourth-order valence-corrected chi connectivity index (χ4v) is 4.73. The first kappa shape index (κ1) is 17.9. The number of hydrogen-bond donors (Lipinski definition) is 1. The van der Waals surface area contributed by atoms with Gasteiger partial charge in [-0.3, -0.25) is 14.9 Å². The molecule has 2 aromatic rings. The molecule has 0 radical (unpaired) electrons. The Balaban J connectivity index is 1.48. The number of imide groups is 1. The first-order chi connectivity index (χ1) is 12.5. The highest BCUT2D eigenvalue weighted by atomic mass is 35.5. The Morgan fingerprint density at radius 1 is 1.00 bits per heavy atom. The summed E-state index contributed by atoms with van der Waals surface area (Å²) in [6, 6.07) is 11.8. The summed E-state index contributed by atoms with van der Waals surface area (Å²) in [5.41, 5.74) is 3.46. The van der Waals surface area contributed by atoms with Gasteiger partial charge in [-0.15, -0.1) is 0 Å². The molecule has 7 heteroatoms. The van der Waals surface area contributed by atoms with Gasteiger partial charge in [-0.25, -0.2) is 4.31 Å². The molecule has 0 aliphatic carbocycles. The lowest BCUT2D eigenvalue weighted by molar-refractivity contribution is -0.134. The van der Waals surface area contributed by atoms with Gasteiger partial charge in [-0.05, 0) is 53.3 Å². The van der Waals surface area contributed by atoms with Crippen molar-refractivity contribution in [2.24, 2.45) is 0 Å². The highest BCUT2D eigenvalue weighted by Gasteiger charge is 2.29. The normalized spacial score (nSPS) is 20.2. The number of nitrogens with one attached hydrogen (secondary N) is 1. The molecule has 4 nitrogen and oxygen atoms in total. The van der Waals surface area contributed by atoms with Gasteiger partial charge in [0.15, 0.2) is 0 Å². The molecule has 26 heavy (non-hydrogen) atoms. The maximum Gasteiger partial charge on any atom is 0.234 e. The van der Waals surface area contributed by atoms with Gasteiger partial charge in [0.1, 0.15) is 0 Å². The second kappa shape index (κ2) is 7.24. The van der Waals surface area contributed by atoms with Crippen LogP contribution in [-0.4, -0.2) is 16.1 Å². The van der Waals surface area contributed by atoms with E-state index in [1.54, 1.807) is 18.0 Å². The van der Waals surface area contributed by atoms with E-state index < -0.39 is 0 Å². The van der Waals surface area contributed by atoms with Gasteiger partial charge >= 0.3 is 0 Å². The number of carbonyl (C=O) groups is 2. The van der Waals surface area contributed by atoms with E-state index in [1.807, 2.05) is 18.2 Å². The molecule has 2 aliphatic heterocycles. The summed E-state index contributed by atoms with van der Waals surface area (Å²) in [7, 11) is 0. The van der Waals surface area contributed by atoms with Crippen LogP contribution in [0.5, 0.6) is 0 Å². The Bertz CT molecular complexity index is 903. The van der Waals surface area contributed by atoms with Crippen LogP contribution in [0.1, 0.15) is 35.4 Å². The molecule has 2 heterocycles. The minimum atomic E-state index is -0.241. The lowest BCUT2D eigenvalue weighted by Crippen LogP contribution is -2.39. The Kier molecular flexibility index (Phi) is 4.97. The van der Waals surface area contributed by atoms with E-state index in [4.69, 9.17) is 23.2 Å². The number of carbonyl (C=O) groups excluding carboxylic acids is 2. The van der Waals surface area contributed by atoms with Crippen molar-refractivity contribution in [3.63, 3.8) is 0 Å². The van der Waals surface area contributed by atoms with Crippen LogP contribution in [-0.2, 0) is 22.7 Å². The second-order valence-corrected chi connectivity index (χ2v) is 8.48. The Hall–Kier alpha value is -1.53. The van der Waals surface area contributed by atoms with Gasteiger partial charge in [0.25, 0.3) is 0 Å². The van der Waals surface area contributed by atoms with Gasteiger partial charge in [-0.1, -0.05) is 41.4 Å². The topological polar surface area (TPSA) is 49.4 Å². The third-order valence-corrected chi connectivity index (χ3v) is 6.41. The van der Waals surface area contributed by atoms with Crippen LogP contribution < -0.4 is 5.32 Å². The van der Waals surface area contributed by atoms with Gasteiger partial charge < -0.3 is 0 Å². The number of halogens is 2. The van der Waals surface area contributed by atoms with E-state index in [1.165, 1.54) is 11.1 Å². The number of amides is 2. The summed E-state index contributed by atoms with van der Waals surface area (Å²) in [5.74, 6) is -0.618. The number of rotatable bonds is 3. The lowest BCUT2D eigenvalue weighted by atomic mass is 9.89. The molecular formula is C19H16Cl2N2O2S. The monoisotopic (exact) mass is 406 g/mol. The zero-order valence-electron chi connectivity index (χ0n) is 13.8. The minimum Gasteiger partial charge on any atom is -0.296 e. The van der Waals surface area contributed by atoms with E-state index in [2.05, 4.69) is 21.8 Å². The number of piperidine rings is 1. The summed E-state index contributed by atoms with van der Waals surface area (Å²) in [5, 5.41) is 3.53. The average molecular weight is 407 g/mol. The lowest BCUT2D eigenvalue weighted by Gasteiger charge is -2.21. The molecule has 0 saturated carbocycles. The Morgan fingerprint density at radius 2 is 1.81 bits per heavy atom. The zero-order chi connectivity index (χ0) is 18.3. The standard InChI is InChI=1S/C19H16Cl2N2O2S/c20-16-5-3-14(8-17(16)21)26-23-9-12-2-1-11(7-13(12)10-23)15-4-6-18(24)22-19(15)25/h1-3,5,7-8,15H,4,6,9-10H2,(H,22,24,25). The molecule has 2 aromatic carbocycles. The molecule has 0 aromatic heterocycles. The van der Waals surface area contributed by atoms with E-state index in [9.17, 15) is 9.59 Å². The van der Waals surface area contributed by atoms with Crippen molar-refractivity contribution < 1.29 is 9.59 Å². The van der Waals surface area contributed by atoms with E-state index in [0.717, 1.165) is 23.5 Å². The van der Waals surface area contributed by atoms with E-state index in [0.29, 0.717) is 22.9 Å². The summed E-state index contributed by atoms with van der Waals surface area (Å²) < 4.78 is 2.25. The summed E-state index contributed by atoms with van der Waals surface area (Å²) >= 11 is 13.7. The molecule has 134 valence electrons. The molecule has 1 fully saturated rings. The Morgan fingerprint density at radius 3 is 2.58 bits per heavy atom. The smallest absolute Gasteiger partial charge is 0.234 e. The second-order valence-electron chi connectivity index (χ2n) is 6.50. The third kappa shape index (κ3) is 3.62. The van der Waals surface area contributed by atoms with Crippen molar-refractivity contribution in [1.29, 1.82) is 0 Å². The van der Waals surface area contributed by atoms with Crippen molar-refractivity contribution in [1.82, 2.24) is 9.62 Å². The minimum absolute atomic E-state index is 0.184. The number of fused-ring (bicyclic) bond motifs is 1. The first-order valence-electron chi connectivity index (χ1n) is 8.33. The summed E-state index contributed by atoms with van der Waals surface area (Å²) in [6.07, 6.45) is 0.970. The van der Waals surface area contributed by atoms with Crippen LogP contribution in [0.15, 0.2) is 41.3 Å². The van der Waals surface area contributed by atoms with Crippen LogP contribution >= 0.6 is 35.1 Å². The molecule has 0 spiro atoms. The molecule has 1 saturated heterocycles. The SMILES string of the molecule is O=C1CCC(c2ccc3c(c2)CN(Sc2ccc(Cl)c(Cl)c2)C3)C(=O)N1. The molecule has 2 amide bonds. The number of hydrogen-bond acceptors (Lipinski definition) is 4. The molecule has 2 aliphatic rings. The van der Waals surface area contributed by atoms with Gasteiger partial charge in [0.2, 0.25) is 11.8 Å². The highest BCUT2D eigenvalue weighted by molar-refractivity contribution is 7.97. The number of nitrogens with zero attached hydrogens (tertiary/aromatic N) is 1. The number of benzene rings is 2. The summed E-state index contributed by atoms with van der Waals surface area (Å²) in [4.78, 5) is 24.5. The van der Waals surface area contributed by atoms with Crippen molar-refractivity contribution in [2.75, 3.05) is 0 Å². The van der Waals surface area contributed by atoms with Crippen LogP contribution in [0.4, 0.5) is 0 Å². The van der Waals surface area contributed by atoms with Gasteiger partial charge in [-0.2, -0.15) is 0 Å². The molecule has 4 rings (SSSR count). The van der Waals surface area contributed by atoms with Crippen LogP contribution in [0, 0.1) is 0 Å². The maximum atomic E-state index is 12.1. The Labute approximate surface area is 166 Å². The molecule has 1 unspecified atom stereocenters. The largest absolute Gasteiger partial charge is 0.296 e. The molecule has 0 bridgehead atoms. The third-order valence-electron chi connectivity index (χ3n) is 4.69. The fourth-order valence-electron chi connectivity index (χ4n) is 3.36. The average Bonchev–Trinajstić information content (AvgIpc) is 2.99. The van der Waals surface area contributed by atoms with Crippen molar-refractivity contribution >= 4 is 47.0 Å². The maximum absolute atomic E-state index is 12.1. The quantitative estimate of drug-likeness (QED) is 0.600. The molecular weight excluding hydrogens is 391 g/mol. The molecule has 1 N–H and O–H groups in total. The predicted octanol–water partition coefficient (Wildman–Crippen LogP) is 4.54. The van der Waals surface area contributed by atoms with Crippen molar-refractivity contribution in [2.45, 2.75) is 36.7 Å². The van der Waals surface area contributed by atoms with Crippen molar-refractivity contribution in [3.05, 3.63) is 63.1 Å². The van der Waals surface area contributed by atoms with Crippen molar-refractivity contribution in [3.8, 4) is 0 Å². The van der Waals surface area contributed by atoms with Crippen LogP contribution in [0.2, 0.25) is 10.0 Å². The van der Waals surface area contributed by atoms with E-state index in [-0.39, 0.29) is 17.7 Å². The van der Waals surface area contributed by atoms with Gasteiger partial charge in [0.05, 0.1) is 16.0 Å². The fraction of sp³-hybridized carbons (Fsp3) is 0.263. The first-order valence-corrected chi connectivity index (χ1v) is 9.86. The molecule has 1 atom stereocenters. The zero-order valence-corrected chi connectivity index (χ0v) is 16.1. The van der Waals surface area contributed by atoms with E-state index >= 15 is 0 Å². The highest BCUT2D eigenvalue weighted by Crippen LogP contribution is 2.36. The van der Waals surface area contributed by atoms with Crippen LogP contribution in [0.25, 0.3) is 0 Å². The van der Waals surface area contributed by atoms with Crippen LogP contribution in [0.3, 0.4) is 0 Å².